The number of carbonyl (C=O) groups excluding carboxylic acids is 1. The molecule has 0 aliphatic heterocycles. The Morgan fingerprint density at radius 2 is 2.10 bits per heavy atom. The van der Waals surface area contributed by atoms with Gasteiger partial charge in [-0.15, -0.1) is 0 Å². The number of carbonyl (C=O) groups is 1. The van der Waals surface area contributed by atoms with E-state index in [1.807, 2.05) is 31.2 Å². The van der Waals surface area contributed by atoms with Crippen molar-refractivity contribution in [1.29, 1.82) is 0 Å². The molecule has 0 unspecified atom stereocenters. The molecule has 0 saturated heterocycles. The van der Waals surface area contributed by atoms with Crippen molar-refractivity contribution in [1.82, 2.24) is 10.3 Å². The number of nitrogens with one attached hydrogen (secondary N) is 2. The molecule has 2 N–H and O–H groups in total. The summed E-state index contributed by atoms with van der Waals surface area (Å²) in [5.41, 5.74) is 2.47. The Hall–Kier alpha value is -2.10. The highest BCUT2D eigenvalue weighted by Crippen LogP contribution is 2.15. The Balaban J connectivity index is 2.11. The maximum Gasteiger partial charge on any atom is 0.251 e. The molecule has 1 aromatic carbocycles. The zero-order valence-electron chi connectivity index (χ0n) is 12.8. The average Bonchev–Trinajstić information content (AvgIpc) is 2.44. The normalized spacial score (nSPS) is 11.0. The molecule has 0 saturated carbocycles. The molecule has 1 aromatic heterocycles. The maximum absolute atomic E-state index is 12.1. The Labute approximate surface area is 124 Å². The van der Waals surface area contributed by atoms with Crippen LogP contribution in [0, 0.1) is 12.8 Å². The van der Waals surface area contributed by atoms with Crippen LogP contribution in [0.4, 0.5) is 0 Å². The van der Waals surface area contributed by atoms with Crippen molar-refractivity contribution >= 4 is 16.8 Å². The van der Waals surface area contributed by atoms with Crippen LogP contribution < -0.4 is 10.9 Å². The van der Waals surface area contributed by atoms with E-state index < -0.39 is 0 Å². The third kappa shape index (κ3) is 3.94. The first-order chi connectivity index (χ1) is 9.97. The van der Waals surface area contributed by atoms with E-state index in [1.165, 1.54) is 0 Å². The number of H-pyrrole nitrogens is 1. The number of fused-ring (bicyclic) bond motifs is 1. The van der Waals surface area contributed by atoms with Crippen LogP contribution in [0.1, 0.15) is 31.4 Å². The highest BCUT2D eigenvalue weighted by Gasteiger charge is 2.08. The lowest BCUT2D eigenvalue weighted by molar-refractivity contribution is -0.121. The third-order valence-corrected chi connectivity index (χ3v) is 3.49. The molecule has 0 radical (unpaired) electrons. The van der Waals surface area contributed by atoms with Gasteiger partial charge in [-0.05, 0) is 36.3 Å². The number of aromatic amines is 1. The number of rotatable bonds is 5. The van der Waals surface area contributed by atoms with Gasteiger partial charge in [0.2, 0.25) is 5.91 Å². The Bertz CT molecular complexity index is 701. The molecule has 2 rings (SSSR count). The SMILES string of the molecule is Cc1cccc2cc(CCC(=O)NCC(C)C)c(=O)[nH]c12. The summed E-state index contributed by atoms with van der Waals surface area (Å²) in [5, 5.41) is 3.87. The molecule has 1 amide bonds. The predicted octanol–water partition coefficient (Wildman–Crippen LogP) is 2.54. The molecule has 0 spiro atoms. The maximum atomic E-state index is 12.1. The molecule has 0 aliphatic rings. The first kappa shape index (κ1) is 15.3. The third-order valence-electron chi connectivity index (χ3n) is 3.49. The van der Waals surface area contributed by atoms with Gasteiger partial charge in [0.1, 0.15) is 0 Å². The fourth-order valence-electron chi connectivity index (χ4n) is 2.27. The van der Waals surface area contributed by atoms with Crippen LogP contribution in [0.2, 0.25) is 0 Å². The summed E-state index contributed by atoms with van der Waals surface area (Å²) in [7, 11) is 0. The monoisotopic (exact) mass is 286 g/mol. The van der Waals surface area contributed by atoms with E-state index in [2.05, 4.69) is 24.1 Å². The van der Waals surface area contributed by atoms with E-state index in [0.29, 0.717) is 30.9 Å². The molecule has 2 aromatic rings. The Morgan fingerprint density at radius 1 is 1.33 bits per heavy atom. The van der Waals surface area contributed by atoms with Gasteiger partial charge in [-0.25, -0.2) is 0 Å². The molecule has 4 heteroatoms. The largest absolute Gasteiger partial charge is 0.356 e. The highest BCUT2D eigenvalue weighted by molar-refractivity contribution is 5.82. The number of para-hydroxylation sites is 1. The lowest BCUT2D eigenvalue weighted by Gasteiger charge is -2.08. The molecule has 112 valence electrons. The predicted molar refractivity (Wildman–Crippen MR) is 85.5 cm³/mol. The number of pyridine rings is 1. The van der Waals surface area contributed by atoms with E-state index in [9.17, 15) is 9.59 Å². The molecule has 0 atom stereocenters. The van der Waals surface area contributed by atoms with Crippen molar-refractivity contribution in [3.8, 4) is 0 Å². The van der Waals surface area contributed by atoms with Gasteiger partial charge < -0.3 is 10.3 Å². The van der Waals surface area contributed by atoms with E-state index in [0.717, 1.165) is 16.5 Å². The molecular formula is C17H22N2O2. The summed E-state index contributed by atoms with van der Waals surface area (Å²) in [5.74, 6) is 0.424. The Morgan fingerprint density at radius 3 is 2.81 bits per heavy atom. The van der Waals surface area contributed by atoms with Crippen molar-refractivity contribution < 1.29 is 4.79 Å². The summed E-state index contributed by atoms with van der Waals surface area (Å²) in [4.78, 5) is 26.7. The van der Waals surface area contributed by atoms with Crippen molar-refractivity contribution in [3.05, 3.63) is 45.7 Å². The van der Waals surface area contributed by atoms with Crippen molar-refractivity contribution in [2.24, 2.45) is 5.92 Å². The number of amides is 1. The van der Waals surface area contributed by atoms with Crippen LogP contribution >= 0.6 is 0 Å². The van der Waals surface area contributed by atoms with Crippen LogP contribution in [-0.2, 0) is 11.2 Å². The standard InChI is InChI=1S/C17H22N2O2/c1-11(2)10-18-15(20)8-7-14-9-13-6-4-5-12(3)16(13)19-17(14)21/h4-6,9,11H,7-8,10H2,1-3H3,(H,18,20)(H,19,21). The molecule has 21 heavy (non-hydrogen) atoms. The number of aromatic nitrogens is 1. The molecule has 0 aliphatic carbocycles. The summed E-state index contributed by atoms with van der Waals surface area (Å²) >= 11 is 0. The van der Waals surface area contributed by atoms with E-state index in [4.69, 9.17) is 0 Å². The van der Waals surface area contributed by atoms with Gasteiger partial charge in [-0.2, -0.15) is 0 Å². The topological polar surface area (TPSA) is 62.0 Å². The van der Waals surface area contributed by atoms with Gasteiger partial charge in [0, 0.05) is 18.5 Å². The average molecular weight is 286 g/mol. The number of aryl methyl sites for hydroxylation is 2. The minimum absolute atomic E-state index is 0.00700. The highest BCUT2D eigenvalue weighted by atomic mass is 16.1. The summed E-state index contributed by atoms with van der Waals surface area (Å²) < 4.78 is 0. The number of hydrogen-bond acceptors (Lipinski definition) is 2. The lowest BCUT2D eigenvalue weighted by Crippen LogP contribution is -2.28. The molecule has 1 heterocycles. The molecule has 0 fully saturated rings. The van der Waals surface area contributed by atoms with Gasteiger partial charge in [0.05, 0.1) is 5.52 Å². The van der Waals surface area contributed by atoms with Gasteiger partial charge in [-0.3, -0.25) is 9.59 Å². The van der Waals surface area contributed by atoms with Gasteiger partial charge in [0.15, 0.2) is 0 Å². The lowest BCUT2D eigenvalue weighted by atomic mass is 10.1. The van der Waals surface area contributed by atoms with Crippen molar-refractivity contribution in [2.75, 3.05) is 6.54 Å². The van der Waals surface area contributed by atoms with Gasteiger partial charge in [0.25, 0.3) is 5.56 Å². The second kappa shape index (κ2) is 6.57. The summed E-state index contributed by atoms with van der Waals surface area (Å²) in [6, 6.07) is 7.80. The van der Waals surface area contributed by atoms with Gasteiger partial charge >= 0.3 is 0 Å². The first-order valence-corrected chi connectivity index (χ1v) is 7.35. The minimum atomic E-state index is -0.103. The first-order valence-electron chi connectivity index (χ1n) is 7.35. The van der Waals surface area contributed by atoms with Crippen LogP contribution in [0.3, 0.4) is 0 Å². The second-order valence-electron chi connectivity index (χ2n) is 5.86. The number of hydrogen-bond donors (Lipinski definition) is 2. The van der Waals surface area contributed by atoms with E-state index >= 15 is 0 Å². The van der Waals surface area contributed by atoms with Crippen LogP contribution in [0.25, 0.3) is 10.9 Å². The minimum Gasteiger partial charge on any atom is -0.356 e. The fourth-order valence-corrected chi connectivity index (χ4v) is 2.27. The van der Waals surface area contributed by atoms with Crippen LogP contribution in [0.5, 0.6) is 0 Å². The molecular weight excluding hydrogens is 264 g/mol. The zero-order valence-corrected chi connectivity index (χ0v) is 12.8. The van der Waals surface area contributed by atoms with Gasteiger partial charge in [-0.1, -0.05) is 32.0 Å². The fraction of sp³-hybridized carbons (Fsp3) is 0.412. The zero-order chi connectivity index (χ0) is 15.4. The molecule has 4 nitrogen and oxygen atoms in total. The van der Waals surface area contributed by atoms with E-state index in [-0.39, 0.29) is 11.5 Å². The quantitative estimate of drug-likeness (QED) is 0.887. The summed E-state index contributed by atoms with van der Waals surface area (Å²) in [6.45, 7) is 6.75. The van der Waals surface area contributed by atoms with Crippen molar-refractivity contribution in [3.63, 3.8) is 0 Å². The molecule has 0 bridgehead atoms. The second-order valence-corrected chi connectivity index (χ2v) is 5.86. The summed E-state index contributed by atoms with van der Waals surface area (Å²) in [6.07, 6.45) is 0.802. The Kier molecular flexibility index (Phi) is 4.78. The smallest absolute Gasteiger partial charge is 0.251 e. The van der Waals surface area contributed by atoms with Crippen molar-refractivity contribution in [2.45, 2.75) is 33.6 Å². The van der Waals surface area contributed by atoms with E-state index in [1.54, 1.807) is 0 Å². The number of benzene rings is 1. The van der Waals surface area contributed by atoms with Crippen LogP contribution in [0.15, 0.2) is 29.1 Å². The van der Waals surface area contributed by atoms with Crippen LogP contribution in [-0.4, -0.2) is 17.4 Å².